The molecular weight excluding hydrogens is 204 g/mol. The second-order valence-corrected chi connectivity index (χ2v) is 4.07. The van der Waals surface area contributed by atoms with Gasteiger partial charge >= 0.3 is 5.97 Å². The molecule has 1 aliphatic carbocycles. The Labute approximate surface area is 95.1 Å². The van der Waals surface area contributed by atoms with Crippen molar-refractivity contribution >= 4 is 5.97 Å². The average molecular weight is 220 g/mol. The Hall–Kier alpha value is -1.45. The molecule has 1 fully saturated rings. The number of hydrogen-bond donors (Lipinski definition) is 0. The number of carbonyl (C=O) groups is 1. The number of carbonyl (C=O) groups excluding carboxylic acids is 1. The molecule has 16 heavy (non-hydrogen) atoms. The SMILES string of the molecule is CCOC(=O)c1cc(C2CCC2)nc(C)n1. The normalized spacial score (nSPS) is 15.6. The van der Waals surface area contributed by atoms with Crippen molar-refractivity contribution in [2.75, 3.05) is 6.61 Å². The number of aromatic nitrogens is 2. The highest BCUT2D eigenvalue weighted by atomic mass is 16.5. The Kier molecular flexibility index (Phi) is 3.17. The first-order chi connectivity index (χ1) is 7.70. The quantitative estimate of drug-likeness (QED) is 0.733. The van der Waals surface area contributed by atoms with Crippen molar-refractivity contribution < 1.29 is 9.53 Å². The van der Waals surface area contributed by atoms with E-state index in [1.165, 1.54) is 19.3 Å². The molecule has 0 amide bonds. The highest BCUT2D eigenvalue weighted by Crippen LogP contribution is 2.35. The summed E-state index contributed by atoms with van der Waals surface area (Å²) in [7, 11) is 0. The highest BCUT2D eigenvalue weighted by Gasteiger charge is 2.23. The number of rotatable bonds is 3. The molecule has 1 aromatic heterocycles. The van der Waals surface area contributed by atoms with Crippen molar-refractivity contribution in [1.29, 1.82) is 0 Å². The third-order valence-electron chi connectivity index (χ3n) is 2.87. The molecule has 2 rings (SSSR count). The van der Waals surface area contributed by atoms with Gasteiger partial charge in [0, 0.05) is 11.6 Å². The van der Waals surface area contributed by atoms with Crippen LogP contribution in [0.5, 0.6) is 0 Å². The van der Waals surface area contributed by atoms with Gasteiger partial charge in [0.1, 0.15) is 5.82 Å². The van der Waals surface area contributed by atoms with Crippen LogP contribution < -0.4 is 0 Å². The Morgan fingerprint density at radius 1 is 1.50 bits per heavy atom. The van der Waals surface area contributed by atoms with E-state index in [9.17, 15) is 4.79 Å². The summed E-state index contributed by atoms with van der Waals surface area (Å²) >= 11 is 0. The van der Waals surface area contributed by atoms with Crippen molar-refractivity contribution in [3.63, 3.8) is 0 Å². The first kappa shape index (κ1) is 11.0. The summed E-state index contributed by atoms with van der Waals surface area (Å²) in [6.07, 6.45) is 3.58. The van der Waals surface area contributed by atoms with E-state index < -0.39 is 0 Å². The smallest absolute Gasteiger partial charge is 0.357 e. The van der Waals surface area contributed by atoms with E-state index >= 15 is 0 Å². The van der Waals surface area contributed by atoms with E-state index in [2.05, 4.69) is 9.97 Å². The van der Waals surface area contributed by atoms with Gasteiger partial charge in [0.15, 0.2) is 5.69 Å². The predicted molar refractivity (Wildman–Crippen MR) is 59.3 cm³/mol. The summed E-state index contributed by atoms with van der Waals surface area (Å²) in [6, 6.07) is 1.77. The molecular formula is C12H16N2O2. The van der Waals surface area contributed by atoms with E-state index in [0.29, 0.717) is 24.0 Å². The van der Waals surface area contributed by atoms with Gasteiger partial charge in [0.05, 0.1) is 6.61 Å². The Morgan fingerprint density at radius 2 is 2.25 bits per heavy atom. The lowest BCUT2D eigenvalue weighted by Gasteiger charge is -2.24. The maximum atomic E-state index is 11.6. The van der Waals surface area contributed by atoms with Gasteiger partial charge in [-0.25, -0.2) is 14.8 Å². The predicted octanol–water partition coefficient (Wildman–Crippen LogP) is 2.23. The van der Waals surface area contributed by atoms with Crippen molar-refractivity contribution in [1.82, 2.24) is 9.97 Å². The van der Waals surface area contributed by atoms with Crippen LogP contribution in [0.15, 0.2) is 6.07 Å². The van der Waals surface area contributed by atoms with Crippen molar-refractivity contribution in [2.45, 2.75) is 39.0 Å². The summed E-state index contributed by atoms with van der Waals surface area (Å²) in [5.41, 5.74) is 1.37. The van der Waals surface area contributed by atoms with Gasteiger partial charge in [0.25, 0.3) is 0 Å². The summed E-state index contributed by atoms with van der Waals surface area (Å²) < 4.78 is 4.94. The number of aryl methyl sites for hydroxylation is 1. The van der Waals surface area contributed by atoms with Crippen LogP contribution >= 0.6 is 0 Å². The Morgan fingerprint density at radius 3 is 2.81 bits per heavy atom. The number of ether oxygens (including phenoxy) is 1. The fraction of sp³-hybridized carbons (Fsp3) is 0.583. The molecule has 0 aliphatic heterocycles. The molecule has 0 atom stereocenters. The number of nitrogens with zero attached hydrogens (tertiary/aromatic N) is 2. The van der Waals surface area contributed by atoms with Gasteiger partial charge in [0.2, 0.25) is 0 Å². The monoisotopic (exact) mass is 220 g/mol. The molecule has 0 radical (unpaired) electrons. The minimum absolute atomic E-state index is 0.353. The molecule has 0 saturated heterocycles. The van der Waals surface area contributed by atoms with Crippen LogP contribution in [-0.4, -0.2) is 22.5 Å². The minimum atomic E-state index is -0.353. The molecule has 0 bridgehead atoms. The second-order valence-electron chi connectivity index (χ2n) is 4.07. The minimum Gasteiger partial charge on any atom is -0.461 e. The van der Waals surface area contributed by atoms with E-state index in [1.54, 1.807) is 13.0 Å². The Bertz CT molecular complexity index is 400. The van der Waals surface area contributed by atoms with Gasteiger partial charge in [-0.2, -0.15) is 0 Å². The van der Waals surface area contributed by atoms with Gasteiger partial charge in [-0.15, -0.1) is 0 Å². The topological polar surface area (TPSA) is 52.1 Å². The molecule has 0 unspecified atom stereocenters. The fourth-order valence-electron chi connectivity index (χ4n) is 1.81. The summed E-state index contributed by atoms with van der Waals surface area (Å²) in [4.78, 5) is 20.1. The molecule has 86 valence electrons. The number of hydrogen-bond acceptors (Lipinski definition) is 4. The van der Waals surface area contributed by atoms with Gasteiger partial charge < -0.3 is 4.74 Å². The molecule has 0 N–H and O–H groups in total. The maximum Gasteiger partial charge on any atom is 0.357 e. The van der Waals surface area contributed by atoms with E-state index in [0.717, 1.165) is 5.69 Å². The second kappa shape index (κ2) is 4.60. The number of esters is 1. The van der Waals surface area contributed by atoms with E-state index in [4.69, 9.17) is 4.74 Å². The zero-order chi connectivity index (χ0) is 11.5. The molecule has 0 aromatic carbocycles. The lowest BCUT2D eigenvalue weighted by atomic mass is 9.82. The molecule has 1 saturated carbocycles. The molecule has 1 aromatic rings. The van der Waals surface area contributed by atoms with E-state index in [-0.39, 0.29) is 5.97 Å². The summed E-state index contributed by atoms with van der Waals surface area (Å²) in [5.74, 6) is 0.802. The fourth-order valence-corrected chi connectivity index (χ4v) is 1.81. The molecule has 1 heterocycles. The zero-order valence-corrected chi connectivity index (χ0v) is 9.69. The highest BCUT2D eigenvalue weighted by molar-refractivity contribution is 5.87. The van der Waals surface area contributed by atoms with Crippen LogP contribution in [0, 0.1) is 6.92 Å². The molecule has 0 spiro atoms. The van der Waals surface area contributed by atoms with Crippen LogP contribution in [0.25, 0.3) is 0 Å². The van der Waals surface area contributed by atoms with E-state index in [1.807, 2.05) is 6.92 Å². The van der Waals surface area contributed by atoms with Crippen molar-refractivity contribution in [3.8, 4) is 0 Å². The largest absolute Gasteiger partial charge is 0.461 e. The van der Waals surface area contributed by atoms with Gasteiger partial charge in [-0.3, -0.25) is 0 Å². The molecule has 4 heteroatoms. The van der Waals surface area contributed by atoms with Gasteiger partial charge in [-0.1, -0.05) is 6.42 Å². The average Bonchev–Trinajstić information content (AvgIpc) is 2.14. The third-order valence-corrected chi connectivity index (χ3v) is 2.87. The molecule has 4 nitrogen and oxygen atoms in total. The summed E-state index contributed by atoms with van der Waals surface area (Å²) in [6.45, 7) is 3.98. The summed E-state index contributed by atoms with van der Waals surface area (Å²) in [5, 5.41) is 0. The van der Waals surface area contributed by atoms with Crippen molar-refractivity contribution in [2.24, 2.45) is 0 Å². The van der Waals surface area contributed by atoms with Gasteiger partial charge in [-0.05, 0) is 32.8 Å². The maximum absolute atomic E-state index is 11.6. The van der Waals surface area contributed by atoms with Crippen LogP contribution in [-0.2, 0) is 4.74 Å². The van der Waals surface area contributed by atoms with Crippen LogP contribution in [0.4, 0.5) is 0 Å². The van der Waals surface area contributed by atoms with Crippen LogP contribution in [0.2, 0.25) is 0 Å². The van der Waals surface area contributed by atoms with Crippen LogP contribution in [0.3, 0.4) is 0 Å². The lowest BCUT2D eigenvalue weighted by Crippen LogP contribution is -2.15. The van der Waals surface area contributed by atoms with Crippen LogP contribution in [0.1, 0.15) is 54.1 Å². The molecule has 1 aliphatic rings. The third kappa shape index (κ3) is 2.21. The Balaban J connectivity index is 2.24. The first-order valence-electron chi connectivity index (χ1n) is 5.73. The van der Waals surface area contributed by atoms with Crippen molar-refractivity contribution in [3.05, 3.63) is 23.3 Å². The zero-order valence-electron chi connectivity index (χ0n) is 9.69. The standard InChI is InChI=1S/C12H16N2O2/c1-3-16-12(15)11-7-10(9-5-4-6-9)13-8(2)14-11/h7,9H,3-6H2,1-2H3. The first-order valence-corrected chi connectivity index (χ1v) is 5.73. The lowest BCUT2D eigenvalue weighted by molar-refractivity contribution is 0.0518.